The van der Waals surface area contributed by atoms with Crippen molar-refractivity contribution in [1.82, 2.24) is 4.31 Å². The summed E-state index contributed by atoms with van der Waals surface area (Å²) in [5.41, 5.74) is 0.769. The summed E-state index contributed by atoms with van der Waals surface area (Å²) in [7, 11) is -3.51. The summed E-state index contributed by atoms with van der Waals surface area (Å²) in [4.78, 5) is 11.7. The molecule has 1 aliphatic rings. The third kappa shape index (κ3) is 2.86. The summed E-state index contributed by atoms with van der Waals surface area (Å²) in [5, 5.41) is 0. The van der Waals surface area contributed by atoms with Gasteiger partial charge in [-0.25, -0.2) is 8.42 Å². The number of piperidine rings is 1. The van der Waals surface area contributed by atoms with E-state index < -0.39 is 10.0 Å². The third-order valence-electron chi connectivity index (χ3n) is 3.41. The zero-order chi connectivity index (χ0) is 14.2. The van der Waals surface area contributed by atoms with Crippen molar-refractivity contribution < 1.29 is 13.2 Å². The van der Waals surface area contributed by atoms with Crippen LogP contribution in [0.25, 0.3) is 0 Å². The highest BCUT2D eigenvalue weighted by atomic mass is 35.5. The van der Waals surface area contributed by atoms with Gasteiger partial charge in [-0.15, -0.1) is 11.3 Å². The number of hydrogen-bond acceptors (Lipinski definition) is 4. The molecule has 1 aromatic heterocycles. The van der Waals surface area contributed by atoms with Gasteiger partial charge >= 0.3 is 0 Å². The Morgan fingerprint density at radius 2 is 2.21 bits per heavy atom. The molecule has 0 aliphatic carbocycles. The zero-order valence-corrected chi connectivity index (χ0v) is 13.2. The van der Waals surface area contributed by atoms with E-state index in [4.69, 9.17) is 11.6 Å². The summed E-state index contributed by atoms with van der Waals surface area (Å²) in [5.74, 6) is -0.0191. The van der Waals surface area contributed by atoms with Crippen LogP contribution in [0.4, 0.5) is 0 Å². The molecule has 0 radical (unpaired) electrons. The van der Waals surface area contributed by atoms with Crippen LogP contribution in [0, 0.1) is 12.8 Å². The molecular formula is C12H16ClNO3S2. The van der Waals surface area contributed by atoms with E-state index in [1.807, 2.05) is 6.92 Å². The zero-order valence-electron chi connectivity index (χ0n) is 10.8. The van der Waals surface area contributed by atoms with Gasteiger partial charge in [-0.1, -0.05) is 18.5 Å². The highest BCUT2D eigenvalue weighted by Gasteiger charge is 2.34. The Balaban J connectivity index is 2.27. The van der Waals surface area contributed by atoms with E-state index >= 15 is 0 Å². The maximum absolute atomic E-state index is 12.5. The van der Waals surface area contributed by atoms with Crippen molar-refractivity contribution in [2.24, 2.45) is 5.92 Å². The second-order valence-electron chi connectivity index (χ2n) is 4.71. The molecule has 19 heavy (non-hydrogen) atoms. The van der Waals surface area contributed by atoms with E-state index in [2.05, 4.69) is 0 Å². The SMILES string of the molecule is CCC1CN(S(=O)(=O)c2cc(C)c(Cl)s2)CCC1=O. The molecule has 1 fully saturated rings. The number of ketones is 1. The van der Waals surface area contributed by atoms with Gasteiger partial charge in [0.15, 0.2) is 0 Å². The Hall–Kier alpha value is -0.430. The van der Waals surface area contributed by atoms with Crippen molar-refractivity contribution in [2.45, 2.75) is 30.9 Å². The first-order chi connectivity index (χ1) is 8.86. The van der Waals surface area contributed by atoms with Crippen LogP contribution in [0.15, 0.2) is 10.3 Å². The fourth-order valence-electron chi connectivity index (χ4n) is 2.14. The molecule has 4 nitrogen and oxygen atoms in total. The Bertz CT molecular complexity index is 575. The molecule has 1 aliphatic heterocycles. The van der Waals surface area contributed by atoms with Gasteiger partial charge < -0.3 is 0 Å². The summed E-state index contributed by atoms with van der Waals surface area (Å²) in [6.45, 7) is 4.25. The number of rotatable bonds is 3. The number of hydrogen-bond donors (Lipinski definition) is 0. The predicted molar refractivity (Wildman–Crippen MR) is 76.2 cm³/mol. The Labute approximate surface area is 122 Å². The van der Waals surface area contributed by atoms with Crippen LogP contribution in [-0.2, 0) is 14.8 Å². The van der Waals surface area contributed by atoms with Crippen LogP contribution in [0.1, 0.15) is 25.3 Å². The van der Waals surface area contributed by atoms with Crippen molar-refractivity contribution in [3.8, 4) is 0 Å². The minimum atomic E-state index is -3.51. The number of carbonyl (C=O) groups is 1. The Morgan fingerprint density at radius 3 is 2.74 bits per heavy atom. The molecular weight excluding hydrogens is 306 g/mol. The highest BCUT2D eigenvalue weighted by molar-refractivity contribution is 7.91. The predicted octanol–water partition coefficient (Wildman–Crippen LogP) is 2.70. The molecule has 7 heteroatoms. The maximum Gasteiger partial charge on any atom is 0.252 e. The number of nitrogens with zero attached hydrogens (tertiary/aromatic N) is 1. The number of thiophene rings is 1. The number of halogens is 1. The average molecular weight is 322 g/mol. The fraction of sp³-hybridized carbons (Fsp3) is 0.583. The van der Waals surface area contributed by atoms with Crippen molar-refractivity contribution in [3.05, 3.63) is 16.0 Å². The van der Waals surface area contributed by atoms with E-state index in [1.165, 1.54) is 4.31 Å². The molecule has 1 atom stereocenters. The van der Waals surface area contributed by atoms with Gasteiger partial charge in [0, 0.05) is 25.4 Å². The van der Waals surface area contributed by atoms with Crippen LogP contribution in [0.5, 0.6) is 0 Å². The molecule has 106 valence electrons. The first-order valence-electron chi connectivity index (χ1n) is 6.15. The number of Topliss-reactive ketones (excluding diaryl/α,β-unsaturated/α-hetero) is 1. The normalized spacial score (nSPS) is 21.8. The lowest BCUT2D eigenvalue weighted by Gasteiger charge is -2.29. The second-order valence-corrected chi connectivity index (χ2v) is 8.53. The quantitative estimate of drug-likeness (QED) is 0.860. The molecule has 0 aromatic carbocycles. The van der Waals surface area contributed by atoms with Crippen LogP contribution < -0.4 is 0 Å². The number of sulfonamides is 1. The number of carbonyl (C=O) groups excluding carboxylic acids is 1. The van der Waals surface area contributed by atoms with E-state index in [0.717, 1.165) is 16.9 Å². The molecule has 2 rings (SSSR count). The van der Waals surface area contributed by atoms with E-state index in [9.17, 15) is 13.2 Å². The second kappa shape index (κ2) is 5.52. The number of aryl methyl sites for hydroxylation is 1. The van der Waals surface area contributed by atoms with Gasteiger partial charge in [0.1, 0.15) is 9.99 Å². The highest BCUT2D eigenvalue weighted by Crippen LogP contribution is 2.33. The maximum atomic E-state index is 12.5. The minimum absolute atomic E-state index is 0.161. The lowest BCUT2D eigenvalue weighted by atomic mass is 9.96. The minimum Gasteiger partial charge on any atom is -0.299 e. The molecule has 0 saturated carbocycles. The molecule has 1 unspecified atom stereocenters. The van der Waals surface area contributed by atoms with Crippen LogP contribution in [0.3, 0.4) is 0 Å². The van der Waals surface area contributed by atoms with Crippen LogP contribution in [0.2, 0.25) is 4.34 Å². The van der Waals surface area contributed by atoms with Gasteiger partial charge in [0.2, 0.25) is 0 Å². The third-order valence-corrected chi connectivity index (χ3v) is 7.28. The van der Waals surface area contributed by atoms with E-state index in [0.29, 0.717) is 17.2 Å². The summed E-state index contributed by atoms with van der Waals surface area (Å²) < 4.78 is 27.1. The van der Waals surface area contributed by atoms with Gasteiger partial charge in [-0.3, -0.25) is 4.79 Å². The first-order valence-corrected chi connectivity index (χ1v) is 8.78. The monoisotopic (exact) mass is 321 g/mol. The van der Waals surface area contributed by atoms with Gasteiger partial charge in [-0.05, 0) is 25.0 Å². The summed E-state index contributed by atoms with van der Waals surface area (Å²) >= 11 is 7.01. The summed E-state index contributed by atoms with van der Waals surface area (Å²) in [6, 6.07) is 1.60. The molecule has 1 saturated heterocycles. The Kier molecular flexibility index (Phi) is 4.35. The van der Waals surface area contributed by atoms with Crippen LogP contribution in [-0.4, -0.2) is 31.6 Å². The fourth-order valence-corrected chi connectivity index (χ4v) is 5.49. The van der Waals surface area contributed by atoms with Gasteiger partial charge in [0.05, 0.1) is 4.34 Å². The summed E-state index contributed by atoms with van der Waals surface area (Å²) in [6.07, 6.45) is 0.977. The smallest absolute Gasteiger partial charge is 0.252 e. The molecule has 0 bridgehead atoms. The van der Waals surface area contributed by atoms with Crippen LogP contribution >= 0.6 is 22.9 Å². The molecule has 1 aromatic rings. The Morgan fingerprint density at radius 1 is 1.53 bits per heavy atom. The van der Waals surface area contributed by atoms with Crippen molar-refractivity contribution in [3.63, 3.8) is 0 Å². The van der Waals surface area contributed by atoms with E-state index in [1.54, 1.807) is 13.0 Å². The lowest BCUT2D eigenvalue weighted by Crippen LogP contribution is -2.43. The molecule has 2 heterocycles. The molecule has 0 spiro atoms. The first kappa shape index (κ1) is 15.0. The van der Waals surface area contributed by atoms with Crippen molar-refractivity contribution in [1.29, 1.82) is 0 Å². The molecule has 0 amide bonds. The lowest BCUT2D eigenvalue weighted by molar-refractivity contribution is -0.125. The largest absolute Gasteiger partial charge is 0.299 e. The van der Waals surface area contributed by atoms with E-state index in [-0.39, 0.29) is 29.0 Å². The van der Waals surface area contributed by atoms with Crippen molar-refractivity contribution in [2.75, 3.05) is 13.1 Å². The topological polar surface area (TPSA) is 54.5 Å². The average Bonchev–Trinajstić information content (AvgIpc) is 2.70. The van der Waals surface area contributed by atoms with Gasteiger partial charge in [0.25, 0.3) is 10.0 Å². The van der Waals surface area contributed by atoms with Gasteiger partial charge in [-0.2, -0.15) is 4.31 Å². The standard InChI is InChI=1S/C12H16ClNO3S2/c1-3-9-7-14(5-4-10(9)15)19(16,17)11-6-8(2)12(13)18-11/h6,9H,3-5,7H2,1-2H3. The molecule has 0 N–H and O–H groups in total. The van der Waals surface area contributed by atoms with Crippen molar-refractivity contribution >= 4 is 38.7 Å².